The van der Waals surface area contributed by atoms with Crippen molar-refractivity contribution in [3.05, 3.63) is 102 Å². The third kappa shape index (κ3) is 9.13. The van der Waals surface area contributed by atoms with E-state index in [2.05, 4.69) is 5.43 Å². The fraction of sp³-hybridized carbons (Fsp3) is 0.323. The topological polar surface area (TPSA) is 114 Å². The highest BCUT2D eigenvalue weighted by atomic mass is 16.6. The Morgan fingerprint density at radius 1 is 0.850 bits per heavy atom. The molecule has 2 N–H and O–H groups in total. The average Bonchev–Trinajstić information content (AvgIpc) is 2.93. The Morgan fingerprint density at radius 3 is 2.00 bits per heavy atom. The number of hydrazine groups is 1. The van der Waals surface area contributed by atoms with E-state index in [0.717, 1.165) is 16.1 Å². The fourth-order valence-electron chi connectivity index (χ4n) is 3.96. The minimum absolute atomic E-state index is 0.0428. The Balaban J connectivity index is 1.90. The molecule has 0 radical (unpaired) electrons. The maximum atomic E-state index is 13.4. The van der Waals surface area contributed by atoms with Crippen LogP contribution in [0.2, 0.25) is 0 Å². The van der Waals surface area contributed by atoms with E-state index in [0.29, 0.717) is 17.9 Å². The molecule has 0 aliphatic heterocycles. The zero-order valence-electron chi connectivity index (χ0n) is 23.2. The molecule has 3 aromatic rings. The number of carboxylic acids is 1. The second-order valence-electron chi connectivity index (χ2n) is 10.2. The Labute approximate surface area is 234 Å². The molecule has 0 aromatic heterocycles. The van der Waals surface area contributed by atoms with Crippen molar-refractivity contribution in [3.63, 3.8) is 0 Å². The number of carboxylic acid groups (broad SMARTS) is 1. The van der Waals surface area contributed by atoms with Gasteiger partial charge >= 0.3 is 18.0 Å². The molecule has 0 aliphatic carbocycles. The van der Waals surface area contributed by atoms with Gasteiger partial charge in [0.1, 0.15) is 24.0 Å². The highest BCUT2D eigenvalue weighted by molar-refractivity contribution is 5.82. The smallest absolute Gasteiger partial charge is 0.425 e. The molecule has 0 bridgehead atoms. The molecule has 212 valence electrons. The van der Waals surface area contributed by atoms with Crippen molar-refractivity contribution < 1.29 is 33.7 Å². The van der Waals surface area contributed by atoms with Crippen molar-refractivity contribution in [3.8, 4) is 5.75 Å². The zero-order valence-corrected chi connectivity index (χ0v) is 23.2. The van der Waals surface area contributed by atoms with Crippen molar-refractivity contribution in [2.45, 2.75) is 57.9 Å². The average molecular weight is 549 g/mol. The summed E-state index contributed by atoms with van der Waals surface area (Å²) in [6.07, 6.45) is -0.875. The van der Waals surface area contributed by atoms with Gasteiger partial charge in [-0.25, -0.2) is 20.0 Å². The van der Waals surface area contributed by atoms with E-state index in [1.807, 2.05) is 36.4 Å². The van der Waals surface area contributed by atoms with Gasteiger partial charge in [0.2, 0.25) is 0 Å². The minimum atomic E-state index is -1.31. The van der Waals surface area contributed by atoms with E-state index in [4.69, 9.17) is 14.2 Å². The van der Waals surface area contributed by atoms with Crippen LogP contribution in [0.3, 0.4) is 0 Å². The first-order valence-electron chi connectivity index (χ1n) is 12.9. The number of ether oxygens (including phenoxy) is 3. The van der Waals surface area contributed by atoms with Gasteiger partial charge in [0.15, 0.2) is 6.04 Å². The van der Waals surface area contributed by atoms with E-state index >= 15 is 0 Å². The van der Waals surface area contributed by atoms with E-state index in [-0.39, 0.29) is 12.8 Å². The number of hydrogen-bond donors (Lipinski definition) is 2. The first-order valence-corrected chi connectivity index (χ1v) is 12.9. The first kappa shape index (κ1) is 30.2. The van der Waals surface area contributed by atoms with E-state index in [1.54, 1.807) is 69.3 Å². The number of amides is 1. The Morgan fingerprint density at radius 2 is 1.43 bits per heavy atom. The number of rotatable bonds is 12. The van der Waals surface area contributed by atoms with Crippen LogP contribution >= 0.6 is 0 Å². The zero-order chi connectivity index (χ0) is 29.1. The standard InChI is InChI=1S/C31H36N2O7/c1-31(2,3)40-30(37)33(26(29(36)38-4)19-22-13-7-5-8-14-22)32-25(28(34)35)20-24-17-11-12-18-27(24)39-21-23-15-9-6-10-16-23/h5-18,25-26,32H,19-21H2,1-4H3,(H,34,35)/t25-,26-/m0/s1. The lowest BCUT2D eigenvalue weighted by molar-refractivity contribution is -0.151. The van der Waals surface area contributed by atoms with E-state index in [9.17, 15) is 19.5 Å². The van der Waals surface area contributed by atoms with Gasteiger partial charge in [0.05, 0.1) is 7.11 Å². The molecule has 0 saturated carbocycles. The molecular formula is C31H36N2O7. The number of hydrogen-bond acceptors (Lipinski definition) is 7. The lowest BCUT2D eigenvalue weighted by atomic mass is 10.0. The second-order valence-corrected chi connectivity index (χ2v) is 10.2. The summed E-state index contributed by atoms with van der Waals surface area (Å²) >= 11 is 0. The van der Waals surface area contributed by atoms with Crippen molar-refractivity contribution >= 4 is 18.0 Å². The minimum Gasteiger partial charge on any atom is -0.489 e. The van der Waals surface area contributed by atoms with Gasteiger partial charge in [-0.05, 0) is 43.5 Å². The van der Waals surface area contributed by atoms with Gasteiger partial charge in [0.25, 0.3) is 0 Å². The molecule has 9 nitrogen and oxygen atoms in total. The molecule has 0 fully saturated rings. The molecule has 0 saturated heterocycles. The van der Waals surface area contributed by atoms with Crippen LogP contribution in [-0.2, 0) is 38.5 Å². The highest BCUT2D eigenvalue weighted by Crippen LogP contribution is 2.22. The Kier molecular flexibility index (Phi) is 10.7. The molecule has 1 amide bonds. The molecule has 9 heteroatoms. The summed E-state index contributed by atoms with van der Waals surface area (Å²) in [6, 6.07) is 23.2. The monoisotopic (exact) mass is 548 g/mol. The maximum absolute atomic E-state index is 13.4. The van der Waals surface area contributed by atoms with Gasteiger partial charge in [0, 0.05) is 12.8 Å². The Bertz CT molecular complexity index is 1260. The number of para-hydroxylation sites is 1. The summed E-state index contributed by atoms with van der Waals surface area (Å²) in [5, 5.41) is 11.1. The number of methoxy groups -OCH3 is 1. The van der Waals surface area contributed by atoms with Crippen molar-refractivity contribution in [2.24, 2.45) is 0 Å². The van der Waals surface area contributed by atoms with Crippen molar-refractivity contribution in [1.82, 2.24) is 10.4 Å². The molecule has 0 spiro atoms. The largest absolute Gasteiger partial charge is 0.489 e. The number of esters is 1. The normalized spacial score (nSPS) is 12.6. The third-order valence-corrected chi connectivity index (χ3v) is 5.87. The maximum Gasteiger partial charge on any atom is 0.425 e. The number of benzene rings is 3. The van der Waals surface area contributed by atoms with Crippen molar-refractivity contribution in [1.29, 1.82) is 0 Å². The summed E-state index contributed by atoms with van der Waals surface area (Å²) in [5.41, 5.74) is 4.18. The number of nitrogens with zero attached hydrogens (tertiary/aromatic N) is 1. The number of carbonyl (C=O) groups excluding carboxylic acids is 2. The third-order valence-electron chi connectivity index (χ3n) is 5.87. The molecule has 0 unspecified atom stereocenters. The number of carbonyl (C=O) groups is 3. The second kappa shape index (κ2) is 14.1. The molecule has 2 atom stereocenters. The van der Waals surface area contributed by atoms with E-state index < -0.39 is 35.7 Å². The lowest BCUT2D eigenvalue weighted by Gasteiger charge is -2.34. The first-order chi connectivity index (χ1) is 19.1. The van der Waals surface area contributed by atoms with Crippen molar-refractivity contribution in [2.75, 3.05) is 7.11 Å². The van der Waals surface area contributed by atoms with Gasteiger partial charge in [-0.1, -0.05) is 78.9 Å². The van der Waals surface area contributed by atoms with Crippen LogP contribution in [0.5, 0.6) is 5.75 Å². The molecule has 40 heavy (non-hydrogen) atoms. The summed E-state index contributed by atoms with van der Waals surface area (Å²) in [5.74, 6) is -1.44. The van der Waals surface area contributed by atoms with Crippen LogP contribution in [0, 0.1) is 0 Å². The van der Waals surface area contributed by atoms with Crippen LogP contribution in [0.4, 0.5) is 4.79 Å². The van der Waals surface area contributed by atoms with Crippen LogP contribution in [0.15, 0.2) is 84.9 Å². The van der Waals surface area contributed by atoms with Gasteiger partial charge in [-0.3, -0.25) is 4.79 Å². The summed E-state index contributed by atoms with van der Waals surface area (Å²) in [6.45, 7) is 5.35. The molecule has 0 aliphatic rings. The molecule has 3 rings (SSSR count). The van der Waals surface area contributed by atoms with Gasteiger partial charge in [-0.2, -0.15) is 0 Å². The predicted molar refractivity (Wildman–Crippen MR) is 150 cm³/mol. The molecule has 0 heterocycles. The number of aliphatic carboxylic acids is 1. The highest BCUT2D eigenvalue weighted by Gasteiger charge is 2.37. The van der Waals surface area contributed by atoms with Gasteiger partial charge < -0.3 is 19.3 Å². The summed E-state index contributed by atoms with van der Waals surface area (Å²) < 4.78 is 16.6. The predicted octanol–water partition coefficient (Wildman–Crippen LogP) is 4.79. The van der Waals surface area contributed by atoms with Crippen LogP contribution in [0.1, 0.15) is 37.5 Å². The molecular weight excluding hydrogens is 512 g/mol. The van der Waals surface area contributed by atoms with Gasteiger partial charge in [-0.15, -0.1) is 0 Å². The summed E-state index contributed by atoms with van der Waals surface area (Å²) in [4.78, 5) is 38.8. The van der Waals surface area contributed by atoms with E-state index in [1.165, 1.54) is 7.11 Å². The molecule has 3 aromatic carbocycles. The quantitative estimate of drug-likeness (QED) is 0.245. The van der Waals surface area contributed by atoms with Crippen LogP contribution in [0.25, 0.3) is 0 Å². The lowest BCUT2D eigenvalue weighted by Crippen LogP contribution is -2.60. The van der Waals surface area contributed by atoms with Crippen LogP contribution in [-0.4, -0.2) is 52.9 Å². The Hall–Kier alpha value is -4.37. The SMILES string of the molecule is COC(=O)[C@H](Cc1ccccc1)N(N[C@@H](Cc1ccccc1OCc1ccccc1)C(=O)O)C(=O)OC(C)(C)C. The number of nitrogens with one attached hydrogen (secondary N) is 1. The van der Waals surface area contributed by atoms with Crippen LogP contribution < -0.4 is 10.2 Å². The fourth-order valence-corrected chi connectivity index (χ4v) is 3.96. The summed E-state index contributed by atoms with van der Waals surface area (Å²) in [7, 11) is 1.21.